The van der Waals surface area contributed by atoms with Gasteiger partial charge in [-0.25, -0.2) is 4.98 Å². The molecule has 1 aromatic heterocycles. The molecule has 1 aromatic carbocycles. The molecule has 6 heteroatoms. The molecule has 0 fully saturated rings. The van der Waals surface area contributed by atoms with Crippen LogP contribution in [-0.4, -0.2) is 60.6 Å². The van der Waals surface area contributed by atoms with Gasteiger partial charge in [-0.1, -0.05) is 12.1 Å². The number of rotatable bonds is 10. The number of ether oxygens (including phenoxy) is 2. The Bertz CT molecular complexity index is 552. The standard InChI is InChI=1S/C17H26N2O4/c1-13(2)22-9-8-21-12-14(20)10-19(3)11-17-18-15-6-4-5-7-16(15)23-17/h4-7,13-14,20H,8-12H2,1-3H3. The summed E-state index contributed by atoms with van der Waals surface area (Å²) in [5, 5.41) is 9.99. The number of hydrogen-bond acceptors (Lipinski definition) is 6. The van der Waals surface area contributed by atoms with E-state index in [2.05, 4.69) is 4.98 Å². The number of likely N-dealkylation sites (N-methyl/N-ethyl adjacent to an activating group) is 1. The molecule has 0 saturated heterocycles. The normalized spacial score (nSPS) is 13.3. The lowest BCUT2D eigenvalue weighted by atomic mass is 10.3. The summed E-state index contributed by atoms with van der Waals surface area (Å²) < 4.78 is 16.5. The van der Waals surface area contributed by atoms with E-state index >= 15 is 0 Å². The Morgan fingerprint density at radius 2 is 2.04 bits per heavy atom. The lowest BCUT2D eigenvalue weighted by Crippen LogP contribution is -2.32. The Hall–Kier alpha value is -1.47. The third kappa shape index (κ3) is 6.27. The van der Waals surface area contributed by atoms with Crippen molar-refractivity contribution in [1.29, 1.82) is 0 Å². The zero-order valence-corrected chi connectivity index (χ0v) is 14.1. The molecule has 6 nitrogen and oxygen atoms in total. The van der Waals surface area contributed by atoms with Crippen molar-refractivity contribution < 1.29 is 19.0 Å². The van der Waals surface area contributed by atoms with Crippen LogP contribution in [0.1, 0.15) is 19.7 Å². The molecular weight excluding hydrogens is 296 g/mol. The van der Waals surface area contributed by atoms with Crippen LogP contribution in [0.2, 0.25) is 0 Å². The second kappa shape index (κ2) is 8.98. The van der Waals surface area contributed by atoms with Gasteiger partial charge in [0.25, 0.3) is 0 Å². The monoisotopic (exact) mass is 322 g/mol. The van der Waals surface area contributed by atoms with Crippen molar-refractivity contribution in [3.63, 3.8) is 0 Å². The topological polar surface area (TPSA) is 68.0 Å². The van der Waals surface area contributed by atoms with Gasteiger partial charge in [-0.3, -0.25) is 4.90 Å². The fraction of sp³-hybridized carbons (Fsp3) is 0.588. The van der Waals surface area contributed by atoms with E-state index in [4.69, 9.17) is 13.9 Å². The molecule has 0 saturated carbocycles. The summed E-state index contributed by atoms with van der Waals surface area (Å²) in [6, 6.07) is 7.67. The maximum atomic E-state index is 9.99. The molecule has 0 aliphatic carbocycles. The van der Waals surface area contributed by atoms with Gasteiger partial charge in [-0.2, -0.15) is 0 Å². The van der Waals surface area contributed by atoms with Crippen LogP contribution in [-0.2, 0) is 16.0 Å². The Labute approximate surface area is 137 Å². The molecule has 0 bridgehead atoms. The van der Waals surface area contributed by atoms with E-state index in [1.54, 1.807) is 0 Å². The summed E-state index contributed by atoms with van der Waals surface area (Å²) in [6.45, 7) is 6.32. The molecule has 1 atom stereocenters. The highest BCUT2D eigenvalue weighted by Crippen LogP contribution is 2.15. The predicted molar refractivity (Wildman–Crippen MR) is 88.3 cm³/mol. The first kappa shape index (κ1) is 17.9. The molecule has 1 heterocycles. The van der Waals surface area contributed by atoms with Crippen LogP contribution in [0.4, 0.5) is 0 Å². The first-order valence-corrected chi connectivity index (χ1v) is 7.95. The third-order valence-corrected chi connectivity index (χ3v) is 3.25. The number of para-hydroxylation sites is 2. The van der Waals surface area contributed by atoms with Crippen LogP contribution in [0.15, 0.2) is 28.7 Å². The molecule has 2 rings (SSSR count). The second-order valence-electron chi connectivity index (χ2n) is 5.92. The lowest BCUT2D eigenvalue weighted by Gasteiger charge is -2.19. The van der Waals surface area contributed by atoms with Gasteiger partial charge >= 0.3 is 0 Å². The Kier molecular flexibility index (Phi) is 6.98. The smallest absolute Gasteiger partial charge is 0.209 e. The van der Waals surface area contributed by atoms with Gasteiger partial charge in [-0.05, 0) is 33.0 Å². The first-order chi connectivity index (χ1) is 11.0. The van der Waals surface area contributed by atoms with Crippen molar-refractivity contribution in [3.8, 4) is 0 Å². The Balaban J connectivity index is 1.68. The SMILES string of the molecule is CC(C)OCCOCC(O)CN(C)Cc1nc2ccccc2o1. The van der Waals surface area contributed by atoms with Gasteiger partial charge in [0.1, 0.15) is 5.52 Å². The molecule has 1 N–H and O–H groups in total. The average molecular weight is 322 g/mol. The maximum absolute atomic E-state index is 9.99. The van der Waals surface area contributed by atoms with Crippen molar-refractivity contribution in [2.75, 3.05) is 33.4 Å². The summed E-state index contributed by atoms with van der Waals surface area (Å²) in [7, 11) is 1.92. The minimum Gasteiger partial charge on any atom is -0.439 e. The maximum Gasteiger partial charge on any atom is 0.209 e. The minimum absolute atomic E-state index is 0.200. The summed E-state index contributed by atoms with van der Waals surface area (Å²) in [5.74, 6) is 0.646. The fourth-order valence-corrected chi connectivity index (χ4v) is 2.26. The molecular formula is C17H26N2O4. The summed E-state index contributed by atoms with van der Waals surface area (Å²) >= 11 is 0. The van der Waals surface area contributed by atoms with E-state index in [9.17, 15) is 5.11 Å². The third-order valence-electron chi connectivity index (χ3n) is 3.25. The number of oxazole rings is 1. The van der Waals surface area contributed by atoms with E-state index in [0.29, 0.717) is 38.8 Å². The van der Waals surface area contributed by atoms with Crippen LogP contribution in [0.25, 0.3) is 11.1 Å². The number of nitrogens with zero attached hydrogens (tertiary/aromatic N) is 2. The van der Waals surface area contributed by atoms with Gasteiger partial charge in [0.2, 0.25) is 5.89 Å². The number of benzene rings is 1. The molecule has 0 spiro atoms. The highest BCUT2D eigenvalue weighted by molar-refractivity contribution is 5.72. The minimum atomic E-state index is -0.552. The van der Waals surface area contributed by atoms with Crippen molar-refractivity contribution in [2.45, 2.75) is 32.6 Å². The molecule has 0 aliphatic rings. The second-order valence-corrected chi connectivity index (χ2v) is 5.92. The number of aromatic nitrogens is 1. The zero-order chi connectivity index (χ0) is 16.7. The molecule has 128 valence electrons. The quantitative estimate of drug-likeness (QED) is 0.675. The summed E-state index contributed by atoms with van der Waals surface area (Å²) in [6.07, 6.45) is -0.352. The molecule has 1 unspecified atom stereocenters. The van der Waals surface area contributed by atoms with Crippen LogP contribution >= 0.6 is 0 Å². The van der Waals surface area contributed by atoms with Crippen molar-refractivity contribution in [2.24, 2.45) is 0 Å². The fourth-order valence-electron chi connectivity index (χ4n) is 2.26. The lowest BCUT2D eigenvalue weighted by molar-refractivity contribution is -0.0177. The van der Waals surface area contributed by atoms with Crippen LogP contribution in [0, 0.1) is 0 Å². The van der Waals surface area contributed by atoms with Gasteiger partial charge in [0.05, 0.1) is 38.6 Å². The van der Waals surface area contributed by atoms with E-state index in [1.165, 1.54) is 0 Å². The Morgan fingerprint density at radius 1 is 1.26 bits per heavy atom. The van der Waals surface area contributed by atoms with E-state index in [-0.39, 0.29) is 6.10 Å². The van der Waals surface area contributed by atoms with Gasteiger partial charge < -0.3 is 19.0 Å². The van der Waals surface area contributed by atoms with Gasteiger partial charge in [-0.15, -0.1) is 0 Å². The van der Waals surface area contributed by atoms with Gasteiger partial charge in [0.15, 0.2) is 5.58 Å². The predicted octanol–water partition coefficient (Wildman–Crippen LogP) is 2.06. The van der Waals surface area contributed by atoms with Crippen LogP contribution in [0.5, 0.6) is 0 Å². The highest BCUT2D eigenvalue weighted by Gasteiger charge is 2.12. The molecule has 23 heavy (non-hydrogen) atoms. The number of aliphatic hydroxyl groups excluding tert-OH is 1. The highest BCUT2D eigenvalue weighted by atomic mass is 16.5. The molecule has 0 aliphatic heterocycles. The van der Waals surface area contributed by atoms with Crippen LogP contribution in [0.3, 0.4) is 0 Å². The Morgan fingerprint density at radius 3 is 2.78 bits per heavy atom. The molecule has 0 radical (unpaired) electrons. The largest absolute Gasteiger partial charge is 0.439 e. The average Bonchev–Trinajstić information content (AvgIpc) is 2.88. The van der Waals surface area contributed by atoms with Crippen LogP contribution < -0.4 is 0 Å². The molecule has 0 amide bonds. The zero-order valence-electron chi connectivity index (χ0n) is 14.1. The van der Waals surface area contributed by atoms with E-state index in [0.717, 1.165) is 11.1 Å². The molecule has 2 aromatic rings. The number of aliphatic hydroxyl groups is 1. The van der Waals surface area contributed by atoms with Crippen molar-refractivity contribution >= 4 is 11.1 Å². The van der Waals surface area contributed by atoms with Gasteiger partial charge in [0, 0.05) is 6.54 Å². The van der Waals surface area contributed by atoms with Crippen molar-refractivity contribution in [3.05, 3.63) is 30.2 Å². The van der Waals surface area contributed by atoms with Crippen molar-refractivity contribution in [1.82, 2.24) is 9.88 Å². The summed E-state index contributed by atoms with van der Waals surface area (Å²) in [4.78, 5) is 6.39. The number of hydrogen-bond donors (Lipinski definition) is 1. The first-order valence-electron chi connectivity index (χ1n) is 7.95. The number of fused-ring (bicyclic) bond motifs is 1. The van der Waals surface area contributed by atoms with E-state index < -0.39 is 6.10 Å². The van der Waals surface area contributed by atoms with E-state index in [1.807, 2.05) is 50.1 Å². The summed E-state index contributed by atoms with van der Waals surface area (Å²) in [5.41, 5.74) is 1.63.